The Balaban J connectivity index is 2.35. The maximum absolute atomic E-state index is 13.8. The fourth-order valence-electron chi connectivity index (χ4n) is 2.12. The Morgan fingerprint density at radius 1 is 0.955 bits per heavy atom. The van der Waals surface area contributed by atoms with Gasteiger partial charge in [0, 0.05) is 18.3 Å². The molecule has 1 heterocycles. The summed E-state index contributed by atoms with van der Waals surface area (Å²) in [6.45, 7) is 6.07. The molecule has 0 spiro atoms. The van der Waals surface area contributed by atoms with Gasteiger partial charge in [-0.3, -0.25) is 4.98 Å². The van der Waals surface area contributed by atoms with Crippen molar-refractivity contribution in [3.8, 4) is 0 Å². The first-order chi connectivity index (χ1) is 10.1. The third kappa shape index (κ3) is 3.84. The number of rotatable bonds is 2. The minimum absolute atomic E-state index is 0.00613. The topological polar surface area (TPSA) is 12.9 Å². The van der Waals surface area contributed by atoms with Gasteiger partial charge in [0.05, 0.1) is 5.56 Å². The average molecular weight is 311 g/mol. The summed E-state index contributed by atoms with van der Waals surface area (Å²) in [6.07, 6.45) is -2.86. The lowest BCUT2D eigenvalue weighted by Gasteiger charge is -2.19. The van der Waals surface area contributed by atoms with E-state index in [-0.39, 0.29) is 17.4 Å². The standard InChI is InChI=1S/C17H17F4N/c1-16(2,3)12-6-7-22-14(10-12)9-11-8-13(17(19,20)21)4-5-15(11)18/h4-8,10H,9H2,1-3H3. The summed E-state index contributed by atoms with van der Waals surface area (Å²) in [5.41, 5.74) is 0.587. The Kier molecular flexibility index (Phi) is 4.27. The molecule has 0 aliphatic rings. The summed E-state index contributed by atoms with van der Waals surface area (Å²) >= 11 is 0. The van der Waals surface area contributed by atoms with Gasteiger partial charge in [-0.2, -0.15) is 13.2 Å². The zero-order valence-electron chi connectivity index (χ0n) is 12.6. The minimum atomic E-state index is -4.48. The summed E-state index contributed by atoms with van der Waals surface area (Å²) in [5.74, 6) is -0.657. The molecule has 0 amide bonds. The molecule has 22 heavy (non-hydrogen) atoms. The van der Waals surface area contributed by atoms with E-state index in [4.69, 9.17) is 0 Å². The molecule has 0 fully saturated rings. The minimum Gasteiger partial charge on any atom is -0.261 e. The zero-order valence-corrected chi connectivity index (χ0v) is 12.6. The van der Waals surface area contributed by atoms with E-state index in [2.05, 4.69) is 4.98 Å². The lowest BCUT2D eigenvalue weighted by atomic mass is 9.87. The summed E-state index contributed by atoms with van der Waals surface area (Å²) in [4.78, 5) is 4.13. The second kappa shape index (κ2) is 5.71. The van der Waals surface area contributed by atoms with Crippen molar-refractivity contribution in [2.45, 2.75) is 38.8 Å². The number of aromatic nitrogens is 1. The van der Waals surface area contributed by atoms with Crippen LogP contribution in [0.5, 0.6) is 0 Å². The second-order valence-electron chi connectivity index (χ2n) is 6.27. The molecule has 0 bridgehead atoms. The van der Waals surface area contributed by atoms with Crippen molar-refractivity contribution in [1.82, 2.24) is 4.98 Å². The van der Waals surface area contributed by atoms with Gasteiger partial charge in [0.2, 0.25) is 0 Å². The lowest BCUT2D eigenvalue weighted by molar-refractivity contribution is -0.137. The van der Waals surface area contributed by atoms with E-state index >= 15 is 0 Å². The average Bonchev–Trinajstić information content (AvgIpc) is 2.39. The molecule has 1 nitrogen and oxygen atoms in total. The molecule has 0 saturated heterocycles. The van der Waals surface area contributed by atoms with Crippen LogP contribution in [0.1, 0.15) is 43.2 Å². The summed E-state index contributed by atoms with van der Waals surface area (Å²) in [5, 5.41) is 0. The van der Waals surface area contributed by atoms with Gasteiger partial charge in [-0.15, -0.1) is 0 Å². The molecular weight excluding hydrogens is 294 g/mol. The van der Waals surface area contributed by atoms with E-state index in [9.17, 15) is 17.6 Å². The SMILES string of the molecule is CC(C)(C)c1ccnc(Cc2cc(C(F)(F)F)ccc2F)c1. The van der Waals surface area contributed by atoms with Crippen LogP contribution in [-0.2, 0) is 18.0 Å². The Labute approximate surface area is 127 Å². The van der Waals surface area contributed by atoms with Crippen LogP contribution < -0.4 is 0 Å². The first kappa shape index (κ1) is 16.5. The van der Waals surface area contributed by atoms with Crippen LogP contribution in [0.3, 0.4) is 0 Å². The van der Waals surface area contributed by atoms with Gasteiger partial charge in [-0.1, -0.05) is 20.8 Å². The molecule has 0 aliphatic carbocycles. The van der Waals surface area contributed by atoms with Gasteiger partial charge < -0.3 is 0 Å². The molecule has 1 aromatic heterocycles. The molecule has 0 unspecified atom stereocenters. The fourth-order valence-corrected chi connectivity index (χ4v) is 2.12. The largest absolute Gasteiger partial charge is 0.416 e. The lowest BCUT2D eigenvalue weighted by Crippen LogP contribution is -2.12. The van der Waals surface area contributed by atoms with E-state index in [1.807, 2.05) is 26.8 Å². The molecule has 0 aliphatic heterocycles. The van der Waals surface area contributed by atoms with Gasteiger partial charge in [-0.25, -0.2) is 4.39 Å². The van der Waals surface area contributed by atoms with Crippen molar-refractivity contribution < 1.29 is 17.6 Å². The first-order valence-corrected chi connectivity index (χ1v) is 6.88. The maximum atomic E-state index is 13.8. The first-order valence-electron chi connectivity index (χ1n) is 6.88. The highest BCUT2D eigenvalue weighted by atomic mass is 19.4. The van der Waals surface area contributed by atoms with Gasteiger partial charge in [0.25, 0.3) is 0 Å². The third-order valence-electron chi connectivity index (χ3n) is 3.43. The van der Waals surface area contributed by atoms with Crippen LogP contribution in [0, 0.1) is 5.82 Å². The number of alkyl halides is 3. The molecular formula is C17H17F4N. The number of hydrogen-bond acceptors (Lipinski definition) is 1. The summed E-state index contributed by atoms with van der Waals surface area (Å²) in [7, 11) is 0. The summed E-state index contributed by atoms with van der Waals surface area (Å²) < 4.78 is 51.9. The normalized spacial score (nSPS) is 12.5. The van der Waals surface area contributed by atoms with Crippen LogP contribution in [0.15, 0.2) is 36.5 Å². The van der Waals surface area contributed by atoms with Crippen molar-refractivity contribution >= 4 is 0 Å². The number of benzene rings is 1. The van der Waals surface area contributed by atoms with Gasteiger partial charge >= 0.3 is 6.18 Å². The molecule has 2 aromatic rings. The quantitative estimate of drug-likeness (QED) is 0.701. The van der Waals surface area contributed by atoms with E-state index in [1.165, 1.54) is 0 Å². The van der Waals surface area contributed by atoms with Crippen molar-refractivity contribution in [3.63, 3.8) is 0 Å². The highest BCUT2D eigenvalue weighted by Gasteiger charge is 2.31. The Morgan fingerprint density at radius 2 is 1.64 bits per heavy atom. The van der Waals surface area contributed by atoms with Gasteiger partial charge in [0.15, 0.2) is 0 Å². The second-order valence-corrected chi connectivity index (χ2v) is 6.27. The Morgan fingerprint density at radius 3 is 2.23 bits per heavy atom. The summed E-state index contributed by atoms with van der Waals surface area (Å²) in [6, 6.07) is 6.11. The van der Waals surface area contributed by atoms with Gasteiger partial charge in [0.1, 0.15) is 5.82 Å². The zero-order chi connectivity index (χ0) is 16.5. The van der Waals surface area contributed by atoms with Crippen molar-refractivity contribution in [1.29, 1.82) is 0 Å². The molecule has 0 N–H and O–H groups in total. The molecule has 0 saturated carbocycles. The monoisotopic (exact) mass is 311 g/mol. The van der Waals surface area contributed by atoms with Crippen molar-refractivity contribution in [2.24, 2.45) is 0 Å². The molecule has 0 radical (unpaired) electrons. The highest BCUT2D eigenvalue weighted by Crippen LogP contribution is 2.31. The Hall–Kier alpha value is -1.91. The van der Waals surface area contributed by atoms with E-state index in [1.54, 1.807) is 12.3 Å². The third-order valence-corrected chi connectivity index (χ3v) is 3.43. The predicted molar refractivity (Wildman–Crippen MR) is 77.1 cm³/mol. The van der Waals surface area contributed by atoms with Crippen LogP contribution in [0.4, 0.5) is 17.6 Å². The van der Waals surface area contributed by atoms with Gasteiger partial charge in [-0.05, 0) is 46.9 Å². The number of nitrogens with zero attached hydrogens (tertiary/aromatic N) is 1. The maximum Gasteiger partial charge on any atom is 0.416 e. The predicted octanol–water partition coefficient (Wildman–Crippen LogP) is 5.13. The smallest absolute Gasteiger partial charge is 0.261 e. The van der Waals surface area contributed by atoms with Crippen molar-refractivity contribution in [2.75, 3.05) is 0 Å². The van der Waals surface area contributed by atoms with Crippen LogP contribution in [0.25, 0.3) is 0 Å². The number of hydrogen-bond donors (Lipinski definition) is 0. The van der Waals surface area contributed by atoms with E-state index < -0.39 is 17.6 Å². The van der Waals surface area contributed by atoms with Crippen molar-refractivity contribution in [3.05, 3.63) is 64.7 Å². The van der Waals surface area contributed by atoms with Crippen LogP contribution in [-0.4, -0.2) is 4.98 Å². The highest BCUT2D eigenvalue weighted by molar-refractivity contribution is 5.32. The Bertz CT molecular complexity index is 669. The molecule has 5 heteroatoms. The van der Waals surface area contributed by atoms with Crippen LogP contribution in [0.2, 0.25) is 0 Å². The van der Waals surface area contributed by atoms with E-state index in [0.717, 1.165) is 23.8 Å². The number of pyridine rings is 1. The molecule has 1 aromatic carbocycles. The molecule has 118 valence electrons. The fraction of sp³-hybridized carbons (Fsp3) is 0.353. The molecule has 0 atom stereocenters. The van der Waals surface area contributed by atoms with E-state index in [0.29, 0.717) is 5.69 Å². The molecule has 2 rings (SSSR count). The number of halogens is 4. The van der Waals surface area contributed by atoms with Crippen LogP contribution >= 0.6 is 0 Å².